The second kappa shape index (κ2) is 8.79. The van der Waals surface area contributed by atoms with Crippen LogP contribution in [0.4, 0.5) is 4.79 Å². The van der Waals surface area contributed by atoms with E-state index in [9.17, 15) is 14.7 Å². The van der Waals surface area contributed by atoms with Crippen LogP contribution in [-0.2, 0) is 4.79 Å². The minimum Gasteiger partial charge on any atom is -0.488 e. The fourth-order valence-corrected chi connectivity index (χ4v) is 4.65. The molecule has 2 heterocycles. The number of carbonyl (C=O) groups excluding carboxylic acids is 1. The Balaban J connectivity index is 1.39. The molecule has 8 heteroatoms. The Morgan fingerprint density at radius 3 is 2.45 bits per heavy atom. The summed E-state index contributed by atoms with van der Waals surface area (Å²) in [6.07, 6.45) is 3.70. The van der Waals surface area contributed by atoms with E-state index in [0.717, 1.165) is 19.5 Å². The molecule has 2 atom stereocenters. The number of amides is 2. The normalized spacial score (nSPS) is 26.1. The molecule has 2 amide bonds. The molecule has 1 aromatic carbocycles. The largest absolute Gasteiger partial charge is 0.488 e. The maximum Gasteiger partial charge on any atom is 0.408 e. The fraction of sp³-hybridized carbons (Fsp3) is 0.619. The van der Waals surface area contributed by atoms with Crippen LogP contribution in [0.25, 0.3) is 0 Å². The van der Waals surface area contributed by atoms with Crippen LogP contribution in [-0.4, -0.2) is 82.7 Å². The van der Waals surface area contributed by atoms with Crippen molar-refractivity contribution in [3.05, 3.63) is 29.3 Å². The van der Waals surface area contributed by atoms with Gasteiger partial charge in [-0.25, -0.2) is 4.79 Å². The molecule has 1 aliphatic carbocycles. The van der Waals surface area contributed by atoms with E-state index >= 15 is 0 Å². The van der Waals surface area contributed by atoms with Crippen LogP contribution in [0, 0.1) is 0 Å². The van der Waals surface area contributed by atoms with E-state index in [2.05, 4.69) is 4.90 Å². The van der Waals surface area contributed by atoms with E-state index in [1.54, 1.807) is 24.3 Å². The molecule has 1 aromatic rings. The zero-order valence-electron chi connectivity index (χ0n) is 16.5. The van der Waals surface area contributed by atoms with Gasteiger partial charge in [-0.1, -0.05) is 18.0 Å². The van der Waals surface area contributed by atoms with Crippen LogP contribution < -0.4 is 4.74 Å². The molecule has 29 heavy (non-hydrogen) atoms. The molecule has 2 aliphatic heterocycles. The van der Waals surface area contributed by atoms with E-state index < -0.39 is 12.1 Å². The lowest BCUT2D eigenvalue weighted by atomic mass is 9.91. The summed E-state index contributed by atoms with van der Waals surface area (Å²) in [6, 6.07) is 6.96. The molecule has 0 bridgehead atoms. The zero-order valence-corrected chi connectivity index (χ0v) is 17.3. The summed E-state index contributed by atoms with van der Waals surface area (Å²) in [5, 5.41) is 10.2. The second-order valence-corrected chi connectivity index (χ2v) is 8.62. The predicted molar refractivity (Wildman–Crippen MR) is 109 cm³/mol. The third kappa shape index (κ3) is 4.61. The molecule has 0 radical (unpaired) electrons. The summed E-state index contributed by atoms with van der Waals surface area (Å²) in [6.45, 7) is 3.44. The number of hydrogen-bond donors (Lipinski definition) is 1. The molecular formula is C21H28ClN3O4. The van der Waals surface area contributed by atoms with Gasteiger partial charge in [0.15, 0.2) is 0 Å². The fourth-order valence-electron chi connectivity index (χ4n) is 4.52. The minimum absolute atomic E-state index is 0.0925. The maximum absolute atomic E-state index is 13.2. The second-order valence-electron chi connectivity index (χ2n) is 8.18. The number of likely N-dealkylation sites (tertiary alicyclic amines) is 1. The first-order valence-electron chi connectivity index (χ1n) is 10.5. The van der Waals surface area contributed by atoms with Gasteiger partial charge in [-0.2, -0.15) is 0 Å². The number of hydrogen-bond acceptors (Lipinski definition) is 4. The van der Waals surface area contributed by atoms with Crippen molar-refractivity contribution in [3.8, 4) is 5.75 Å². The van der Waals surface area contributed by atoms with Gasteiger partial charge in [0, 0.05) is 43.7 Å². The lowest BCUT2D eigenvalue weighted by molar-refractivity contribution is -0.135. The molecule has 0 unspecified atom stereocenters. The van der Waals surface area contributed by atoms with E-state index in [-0.39, 0.29) is 18.6 Å². The summed E-state index contributed by atoms with van der Waals surface area (Å²) < 4.78 is 5.93. The van der Waals surface area contributed by atoms with Gasteiger partial charge >= 0.3 is 6.09 Å². The highest BCUT2D eigenvalue weighted by Crippen LogP contribution is 2.28. The molecule has 7 nitrogen and oxygen atoms in total. The Labute approximate surface area is 176 Å². The third-order valence-corrected chi connectivity index (χ3v) is 6.60. The highest BCUT2D eigenvalue weighted by molar-refractivity contribution is 6.30. The first-order valence-corrected chi connectivity index (χ1v) is 10.8. The number of nitrogens with zero attached hydrogens (tertiary/aromatic N) is 3. The smallest absolute Gasteiger partial charge is 0.408 e. The van der Waals surface area contributed by atoms with Crippen molar-refractivity contribution in [1.29, 1.82) is 0 Å². The molecule has 2 saturated heterocycles. The van der Waals surface area contributed by atoms with E-state index in [1.807, 2.05) is 4.90 Å². The highest BCUT2D eigenvalue weighted by Gasteiger charge is 2.43. The van der Waals surface area contributed by atoms with E-state index in [0.29, 0.717) is 36.3 Å². The van der Waals surface area contributed by atoms with Crippen molar-refractivity contribution in [1.82, 2.24) is 14.7 Å². The van der Waals surface area contributed by atoms with Crippen LogP contribution in [0.2, 0.25) is 5.02 Å². The standard InChI is InChI=1S/C21H28ClN3O4/c22-15-5-7-17(8-6-15)29-18-13-19(25(14-18)21(27)28)20(26)24-10-2-9-23(11-12-24)16-3-1-4-16/h5-8,16,18-19H,1-4,9-14H2,(H,27,28)/t18-,19-/m1/s1. The molecule has 0 aromatic heterocycles. The summed E-state index contributed by atoms with van der Waals surface area (Å²) in [5.41, 5.74) is 0. The van der Waals surface area contributed by atoms with Crippen LogP contribution in [0.5, 0.6) is 5.75 Å². The topological polar surface area (TPSA) is 73.3 Å². The van der Waals surface area contributed by atoms with Crippen LogP contribution in [0.1, 0.15) is 32.1 Å². The van der Waals surface area contributed by atoms with Gasteiger partial charge in [0.05, 0.1) is 6.54 Å². The highest BCUT2D eigenvalue weighted by atomic mass is 35.5. The van der Waals surface area contributed by atoms with E-state index in [4.69, 9.17) is 16.3 Å². The summed E-state index contributed by atoms with van der Waals surface area (Å²) in [5.74, 6) is 0.536. The summed E-state index contributed by atoms with van der Waals surface area (Å²) >= 11 is 5.90. The van der Waals surface area contributed by atoms with Gasteiger partial charge in [0.1, 0.15) is 17.9 Å². The van der Waals surface area contributed by atoms with Crippen molar-refractivity contribution < 1.29 is 19.4 Å². The van der Waals surface area contributed by atoms with Crippen molar-refractivity contribution in [3.63, 3.8) is 0 Å². The van der Waals surface area contributed by atoms with Crippen molar-refractivity contribution >= 4 is 23.6 Å². The zero-order chi connectivity index (χ0) is 20.4. The van der Waals surface area contributed by atoms with Gasteiger partial charge in [-0.3, -0.25) is 14.6 Å². The van der Waals surface area contributed by atoms with Crippen LogP contribution in [0.3, 0.4) is 0 Å². The monoisotopic (exact) mass is 421 g/mol. The summed E-state index contributed by atoms with van der Waals surface area (Å²) in [7, 11) is 0. The maximum atomic E-state index is 13.2. The quantitative estimate of drug-likeness (QED) is 0.809. The molecule has 158 valence electrons. The Hall–Kier alpha value is -1.99. The lowest BCUT2D eigenvalue weighted by Crippen LogP contribution is -2.49. The van der Waals surface area contributed by atoms with Gasteiger partial charge in [-0.15, -0.1) is 0 Å². The van der Waals surface area contributed by atoms with E-state index in [1.165, 1.54) is 24.2 Å². The van der Waals surface area contributed by atoms with Gasteiger partial charge in [0.2, 0.25) is 5.91 Å². The molecular weight excluding hydrogens is 394 g/mol. The SMILES string of the molecule is O=C([C@H]1C[C@@H](Oc2ccc(Cl)cc2)CN1C(=O)O)N1CCCN(C2CCC2)CC1. The Morgan fingerprint density at radius 1 is 1.03 bits per heavy atom. The van der Waals surface area contributed by atoms with Gasteiger partial charge < -0.3 is 14.7 Å². The molecule has 3 aliphatic rings. The number of carboxylic acid groups (broad SMARTS) is 1. The molecule has 1 N–H and O–H groups in total. The molecule has 0 spiro atoms. The number of halogens is 1. The van der Waals surface area contributed by atoms with Crippen LogP contribution >= 0.6 is 11.6 Å². The number of rotatable bonds is 4. The third-order valence-electron chi connectivity index (χ3n) is 6.34. The average molecular weight is 422 g/mol. The van der Waals surface area contributed by atoms with Crippen molar-refractivity contribution in [2.24, 2.45) is 0 Å². The Morgan fingerprint density at radius 2 is 1.79 bits per heavy atom. The van der Waals surface area contributed by atoms with Gasteiger partial charge in [0.25, 0.3) is 0 Å². The number of benzene rings is 1. The molecule has 1 saturated carbocycles. The number of carbonyl (C=O) groups is 2. The molecule has 3 fully saturated rings. The van der Waals surface area contributed by atoms with Crippen molar-refractivity contribution in [2.45, 2.75) is 50.3 Å². The van der Waals surface area contributed by atoms with Crippen LogP contribution in [0.15, 0.2) is 24.3 Å². The minimum atomic E-state index is -1.07. The van der Waals surface area contributed by atoms with Crippen molar-refractivity contribution in [2.75, 3.05) is 32.7 Å². The first kappa shape index (κ1) is 20.3. The van der Waals surface area contributed by atoms with Gasteiger partial charge in [-0.05, 0) is 43.5 Å². The summed E-state index contributed by atoms with van der Waals surface area (Å²) in [4.78, 5) is 30.5. The predicted octanol–water partition coefficient (Wildman–Crippen LogP) is 2.93. The Kier molecular flexibility index (Phi) is 6.15. The molecule has 4 rings (SSSR count). The first-order chi connectivity index (χ1) is 14.0. The number of ether oxygens (including phenoxy) is 1. The lowest BCUT2D eigenvalue weighted by Gasteiger charge is -2.36. The Bertz CT molecular complexity index is 740. The average Bonchev–Trinajstić information content (AvgIpc) is 2.93.